The van der Waals surface area contributed by atoms with E-state index < -0.39 is 0 Å². The van der Waals surface area contributed by atoms with Crippen molar-refractivity contribution in [3.05, 3.63) is 52.1 Å². The number of nitrogens with one attached hydrogen (secondary N) is 1. The van der Waals surface area contributed by atoms with Gasteiger partial charge < -0.3 is 9.84 Å². The summed E-state index contributed by atoms with van der Waals surface area (Å²) in [6, 6.07) is 11.5. The third-order valence-corrected chi connectivity index (χ3v) is 5.96. The first-order valence-corrected chi connectivity index (χ1v) is 9.58. The molecule has 134 valence electrons. The molecule has 1 fully saturated rings. The zero-order chi connectivity index (χ0) is 18.1. The van der Waals surface area contributed by atoms with Crippen LogP contribution in [0, 0.1) is 0 Å². The maximum atomic E-state index is 12.4. The second-order valence-electron chi connectivity index (χ2n) is 6.91. The van der Waals surface area contributed by atoms with Crippen LogP contribution >= 0.6 is 11.3 Å². The highest BCUT2D eigenvalue weighted by molar-refractivity contribution is 7.11. The third-order valence-electron chi connectivity index (χ3n) is 4.57. The Bertz CT molecular complexity index is 897. The number of rotatable bonds is 5. The molecule has 0 saturated heterocycles. The number of nitrogens with zero attached hydrogens (tertiary/aromatic N) is 3. The molecule has 2 heterocycles. The second-order valence-corrected chi connectivity index (χ2v) is 7.96. The van der Waals surface area contributed by atoms with E-state index >= 15 is 0 Å². The fourth-order valence-corrected chi connectivity index (χ4v) is 3.93. The first kappa shape index (κ1) is 16.9. The summed E-state index contributed by atoms with van der Waals surface area (Å²) in [5.74, 6) is 1.20. The molecule has 3 aromatic rings. The van der Waals surface area contributed by atoms with Gasteiger partial charge in [0.2, 0.25) is 0 Å². The van der Waals surface area contributed by atoms with Crippen molar-refractivity contribution in [3.63, 3.8) is 0 Å². The number of hydrogen-bond donors (Lipinski definition) is 1. The molecule has 0 atom stereocenters. The van der Waals surface area contributed by atoms with E-state index in [2.05, 4.69) is 34.5 Å². The quantitative estimate of drug-likeness (QED) is 0.736. The van der Waals surface area contributed by atoms with Crippen LogP contribution in [0.2, 0.25) is 0 Å². The predicted molar refractivity (Wildman–Crippen MR) is 99.2 cm³/mol. The number of hydrogen-bond acceptors (Lipinski definition) is 6. The van der Waals surface area contributed by atoms with E-state index in [-0.39, 0.29) is 11.9 Å². The molecule has 1 N–H and O–H groups in total. The van der Waals surface area contributed by atoms with Gasteiger partial charge in [-0.1, -0.05) is 49.3 Å². The Morgan fingerprint density at radius 1 is 1.23 bits per heavy atom. The lowest BCUT2D eigenvalue weighted by molar-refractivity contribution is 0.0899. The second kappa shape index (κ2) is 6.99. The summed E-state index contributed by atoms with van der Waals surface area (Å²) in [6.07, 6.45) is 1.78. The first-order chi connectivity index (χ1) is 12.6. The zero-order valence-corrected chi connectivity index (χ0v) is 15.5. The maximum absolute atomic E-state index is 12.4. The van der Waals surface area contributed by atoms with Crippen LogP contribution in [-0.4, -0.2) is 27.3 Å². The highest BCUT2D eigenvalue weighted by Gasteiger charge is 2.34. The van der Waals surface area contributed by atoms with Crippen molar-refractivity contribution in [1.82, 2.24) is 20.7 Å². The van der Waals surface area contributed by atoms with Gasteiger partial charge in [0.1, 0.15) is 10.0 Å². The molecule has 0 spiro atoms. The van der Waals surface area contributed by atoms with Gasteiger partial charge in [-0.2, -0.15) is 0 Å². The predicted octanol–water partition coefficient (Wildman–Crippen LogP) is 3.99. The van der Waals surface area contributed by atoms with E-state index in [4.69, 9.17) is 4.52 Å². The summed E-state index contributed by atoms with van der Waals surface area (Å²) in [4.78, 5) is 12.4. The van der Waals surface area contributed by atoms with Gasteiger partial charge in [-0.05, 0) is 12.8 Å². The number of carbonyl (C=O) groups is 1. The number of benzene rings is 1. The third kappa shape index (κ3) is 3.39. The summed E-state index contributed by atoms with van der Waals surface area (Å²) >= 11 is 1.68. The molecule has 7 heteroatoms. The van der Waals surface area contributed by atoms with Crippen LogP contribution in [0.3, 0.4) is 0 Å². The maximum Gasteiger partial charge on any atom is 0.273 e. The Hall–Kier alpha value is -2.54. The van der Waals surface area contributed by atoms with Crippen LogP contribution in [0.1, 0.15) is 59.0 Å². The van der Waals surface area contributed by atoms with Crippen LogP contribution in [0.5, 0.6) is 0 Å². The Labute approximate surface area is 155 Å². The molecule has 1 saturated carbocycles. The van der Waals surface area contributed by atoms with Crippen LogP contribution in [0.25, 0.3) is 11.3 Å². The van der Waals surface area contributed by atoms with E-state index in [0.717, 1.165) is 28.4 Å². The topological polar surface area (TPSA) is 80.9 Å². The van der Waals surface area contributed by atoms with Crippen LogP contribution in [-0.2, 0) is 0 Å². The molecule has 1 aliphatic rings. The number of carbonyl (C=O) groups excluding carboxylic acids is 1. The molecule has 0 radical (unpaired) electrons. The fourth-order valence-electron chi connectivity index (χ4n) is 2.96. The minimum atomic E-state index is -0.195. The van der Waals surface area contributed by atoms with Crippen LogP contribution < -0.4 is 5.32 Å². The molecule has 2 aromatic heterocycles. The lowest BCUT2D eigenvalue weighted by Crippen LogP contribution is -2.43. The van der Waals surface area contributed by atoms with E-state index in [1.165, 1.54) is 0 Å². The van der Waals surface area contributed by atoms with Crippen molar-refractivity contribution in [1.29, 1.82) is 0 Å². The minimum Gasteiger partial charge on any atom is -0.355 e. The standard InChI is InChI=1S/C19H20N4O2S/c1-11(2)18-21-22-19(26-18)13-8-14(9-13)20-17(24)15-10-16(25-23-15)12-6-4-3-5-7-12/h3-7,10-11,13-14H,8-9H2,1-2H3,(H,20,24)/t13-,14-. The van der Waals surface area contributed by atoms with Gasteiger partial charge >= 0.3 is 0 Å². The molecule has 0 bridgehead atoms. The summed E-state index contributed by atoms with van der Waals surface area (Å²) in [7, 11) is 0. The molecule has 1 aromatic carbocycles. The number of aromatic nitrogens is 3. The lowest BCUT2D eigenvalue weighted by Gasteiger charge is -2.33. The molecule has 1 amide bonds. The summed E-state index contributed by atoms with van der Waals surface area (Å²) in [5, 5.41) is 17.6. The van der Waals surface area contributed by atoms with Crippen molar-refractivity contribution < 1.29 is 9.32 Å². The number of amides is 1. The molecule has 0 aliphatic heterocycles. The highest BCUT2D eigenvalue weighted by Crippen LogP contribution is 2.39. The van der Waals surface area contributed by atoms with Gasteiger partial charge in [0, 0.05) is 29.5 Å². The summed E-state index contributed by atoms with van der Waals surface area (Å²) in [6.45, 7) is 4.24. The monoisotopic (exact) mass is 368 g/mol. The molecular weight excluding hydrogens is 348 g/mol. The van der Waals surface area contributed by atoms with Crippen molar-refractivity contribution in [2.24, 2.45) is 0 Å². The highest BCUT2D eigenvalue weighted by atomic mass is 32.1. The van der Waals surface area contributed by atoms with Gasteiger partial charge in [0.25, 0.3) is 5.91 Å². The molecule has 26 heavy (non-hydrogen) atoms. The van der Waals surface area contributed by atoms with Crippen LogP contribution in [0.15, 0.2) is 40.9 Å². The van der Waals surface area contributed by atoms with Crippen molar-refractivity contribution in [3.8, 4) is 11.3 Å². The Morgan fingerprint density at radius 2 is 2.00 bits per heavy atom. The van der Waals surface area contributed by atoms with Crippen LogP contribution in [0.4, 0.5) is 0 Å². The Morgan fingerprint density at radius 3 is 2.69 bits per heavy atom. The fraction of sp³-hybridized carbons (Fsp3) is 0.368. The summed E-state index contributed by atoms with van der Waals surface area (Å²) < 4.78 is 5.29. The van der Waals surface area contributed by atoms with E-state index in [0.29, 0.717) is 23.3 Å². The van der Waals surface area contributed by atoms with E-state index in [1.54, 1.807) is 17.4 Å². The molecule has 1 aliphatic carbocycles. The van der Waals surface area contributed by atoms with Gasteiger partial charge in [-0.3, -0.25) is 4.79 Å². The summed E-state index contributed by atoms with van der Waals surface area (Å²) in [5.41, 5.74) is 1.21. The Balaban J connectivity index is 1.33. The average molecular weight is 368 g/mol. The zero-order valence-electron chi connectivity index (χ0n) is 14.7. The van der Waals surface area contributed by atoms with Crippen molar-refractivity contribution in [2.75, 3.05) is 0 Å². The lowest BCUT2D eigenvalue weighted by atomic mass is 9.80. The largest absolute Gasteiger partial charge is 0.355 e. The van der Waals surface area contributed by atoms with E-state index in [9.17, 15) is 4.79 Å². The normalized spacial score (nSPS) is 19.3. The van der Waals surface area contributed by atoms with Gasteiger partial charge in [-0.15, -0.1) is 21.5 Å². The molecular formula is C19H20N4O2S. The Kier molecular flexibility index (Phi) is 4.55. The van der Waals surface area contributed by atoms with Gasteiger partial charge in [0.05, 0.1) is 0 Å². The molecule has 6 nitrogen and oxygen atoms in total. The SMILES string of the molecule is CC(C)c1nnc([C@H]2C[C@H](NC(=O)c3cc(-c4ccccc4)on3)C2)s1. The van der Waals surface area contributed by atoms with Crippen molar-refractivity contribution >= 4 is 17.2 Å². The van der Waals surface area contributed by atoms with Gasteiger partial charge in [-0.25, -0.2) is 0 Å². The van der Waals surface area contributed by atoms with E-state index in [1.807, 2.05) is 30.3 Å². The van der Waals surface area contributed by atoms with Crippen molar-refractivity contribution in [2.45, 2.75) is 44.6 Å². The first-order valence-electron chi connectivity index (χ1n) is 8.76. The van der Waals surface area contributed by atoms with Gasteiger partial charge in [0.15, 0.2) is 11.5 Å². The molecule has 4 rings (SSSR count). The molecule has 0 unspecified atom stereocenters. The minimum absolute atomic E-state index is 0.149. The smallest absolute Gasteiger partial charge is 0.273 e. The average Bonchev–Trinajstić information content (AvgIpc) is 3.28.